The molecule has 0 aliphatic heterocycles. The summed E-state index contributed by atoms with van der Waals surface area (Å²) in [6.07, 6.45) is 0.788. The normalized spacial score (nSPS) is 11.5. The molecular weight excluding hydrogens is 314 g/mol. The molecule has 1 rings (SSSR count). The SMILES string of the molecule is COc1ccc(NC(=S)NCC(=O)N(C)C(C=O)C(C)C)cc1. The monoisotopic (exact) mass is 337 g/mol. The molecule has 1 amide bonds. The van der Waals surface area contributed by atoms with Crippen molar-refractivity contribution < 1.29 is 14.3 Å². The second-order valence-electron chi connectivity index (χ2n) is 5.41. The Morgan fingerprint density at radius 1 is 1.35 bits per heavy atom. The maximum Gasteiger partial charge on any atom is 0.242 e. The highest BCUT2D eigenvalue weighted by molar-refractivity contribution is 7.80. The Balaban J connectivity index is 2.48. The molecule has 0 spiro atoms. The number of likely N-dealkylation sites (N-methyl/N-ethyl adjacent to an activating group) is 1. The van der Waals surface area contributed by atoms with Crippen LogP contribution in [0.4, 0.5) is 5.69 Å². The fourth-order valence-electron chi connectivity index (χ4n) is 1.99. The Morgan fingerprint density at radius 2 is 1.96 bits per heavy atom. The lowest BCUT2D eigenvalue weighted by atomic mass is 10.0. The number of nitrogens with one attached hydrogen (secondary N) is 2. The fraction of sp³-hybridized carbons (Fsp3) is 0.438. The van der Waals surface area contributed by atoms with Crippen LogP contribution in [-0.4, -0.2) is 48.9 Å². The van der Waals surface area contributed by atoms with Gasteiger partial charge in [-0.05, 0) is 42.4 Å². The summed E-state index contributed by atoms with van der Waals surface area (Å²) >= 11 is 5.15. The number of anilines is 1. The predicted molar refractivity (Wildman–Crippen MR) is 94.7 cm³/mol. The molecule has 0 bridgehead atoms. The van der Waals surface area contributed by atoms with Gasteiger partial charge in [0.25, 0.3) is 0 Å². The summed E-state index contributed by atoms with van der Waals surface area (Å²) in [5, 5.41) is 6.16. The average molecular weight is 337 g/mol. The van der Waals surface area contributed by atoms with Crippen molar-refractivity contribution in [1.82, 2.24) is 10.2 Å². The Morgan fingerprint density at radius 3 is 2.43 bits per heavy atom. The highest BCUT2D eigenvalue weighted by Crippen LogP contribution is 2.14. The van der Waals surface area contributed by atoms with E-state index >= 15 is 0 Å². The molecule has 0 saturated heterocycles. The predicted octanol–water partition coefficient (Wildman–Crippen LogP) is 1.66. The lowest BCUT2D eigenvalue weighted by molar-refractivity contribution is -0.134. The lowest BCUT2D eigenvalue weighted by Gasteiger charge is -2.27. The average Bonchev–Trinajstić information content (AvgIpc) is 2.53. The van der Waals surface area contributed by atoms with Crippen LogP contribution in [0.15, 0.2) is 24.3 Å². The molecule has 1 aromatic rings. The number of thiocarbonyl (C=S) groups is 1. The maximum atomic E-state index is 12.1. The van der Waals surface area contributed by atoms with Gasteiger partial charge in [-0.1, -0.05) is 13.8 Å². The molecule has 0 heterocycles. The summed E-state index contributed by atoms with van der Waals surface area (Å²) in [5.41, 5.74) is 0.789. The molecule has 7 heteroatoms. The number of ether oxygens (including phenoxy) is 1. The second-order valence-corrected chi connectivity index (χ2v) is 5.82. The number of rotatable bonds is 7. The van der Waals surface area contributed by atoms with Crippen LogP contribution >= 0.6 is 12.2 Å². The van der Waals surface area contributed by atoms with Crippen LogP contribution in [0.3, 0.4) is 0 Å². The number of carbonyl (C=O) groups excluding carboxylic acids is 2. The van der Waals surface area contributed by atoms with Gasteiger partial charge in [0.2, 0.25) is 5.91 Å². The third kappa shape index (κ3) is 5.86. The molecule has 0 radical (unpaired) electrons. The summed E-state index contributed by atoms with van der Waals surface area (Å²) < 4.78 is 5.08. The van der Waals surface area contributed by atoms with Crippen LogP contribution < -0.4 is 15.4 Å². The van der Waals surface area contributed by atoms with Crippen molar-refractivity contribution in [3.63, 3.8) is 0 Å². The van der Waals surface area contributed by atoms with Crippen LogP contribution in [0.5, 0.6) is 5.75 Å². The van der Waals surface area contributed by atoms with Gasteiger partial charge in [0.05, 0.1) is 19.7 Å². The van der Waals surface area contributed by atoms with E-state index in [1.54, 1.807) is 26.3 Å². The van der Waals surface area contributed by atoms with E-state index in [9.17, 15) is 9.59 Å². The van der Waals surface area contributed by atoms with Crippen molar-refractivity contribution in [2.24, 2.45) is 5.92 Å². The number of benzene rings is 1. The number of amides is 1. The quantitative estimate of drug-likeness (QED) is 0.582. The number of aldehydes is 1. The van der Waals surface area contributed by atoms with Gasteiger partial charge >= 0.3 is 0 Å². The van der Waals surface area contributed by atoms with Crippen LogP contribution in [0.2, 0.25) is 0 Å². The van der Waals surface area contributed by atoms with Crippen molar-refractivity contribution in [3.05, 3.63) is 24.3 Å². The standard InChI is InChI=1S/C16H23N3O3S/c1-11(2)14(10-20)19(3)15(21)9-17-16(23)18-12-5-7-13(22-4)8-6-12/h5-8,10-11,14H,9H2,1-4H3,(H2,17,18,23). The molecule has 0 fully saturated rings. The summed E-state index contributed by atoms with van der Waals surface area (Å²) in [6.45, 7) is 3.81. The van der Waals surface area contributed by atoms with E-state index in [0.717, 1.165) is 17.7 Å². The minimum absolute atomic E-state index is 0.0234. The van der Waals surface area contributed by atoms with E-state index in [2.05, 4.69) is 10.6 Å². The van der Waals surface area contributed by atoms with E-state index < -0.39 is 6.04 Å². The summed E-state index contributed by atoms with van der Waals surface area (Å²) in [5.74, 6) is 0.611. The minimum atomic E-state index is -0.438. The van der Waals surface area contributed by atoms with Gasteiger partial charge in [-0.15, -0.1) is 0 Å². The van der Waals surface area contributed by atoms with Crippen molar-refractivity contribution in [2.45, 2.75) is 19.9 Å². The van der Waals surface area contributed by atoms with Gasteiger partial charge in [0.15, 0.2) is 5.11 Å². The third-order valence-corrected chi connectivity index (χ3v) is 3.66. The first-order valence-electron chi connectivity index (χ1n) is 7.29. The highest BCUT2D eigenvalue weighted by atomic mass is 32.1. The van der Waals surface area contributed by atoms with Crippen molar-refractivity contribution >= 4 is 35.2 Å². The van der Waals surface area contributed by atoms with E-state index in [1.807, 2.05) is 26.0 Å². The summed E-state index contributed by atoms with van der Waals surface area (Å²) in [6, 6.07) is 6.82. The largest absolute Gasteiger partial charge is 0.497 e. The zero-order valence-corrected chi connectivity index (χ0v) is 14.6. The van der Waals surface area contributed by atoms with Gasteiger partial charge < -0.3 is 25.1 Å². The molecule has 1 aromatic carbocycles. The number of nitrogens with zero attached hydrogens (tertiary/aromatic N) is 1. The van der Waals surface area contributed by atoms with Crippen LogP contribution in [0.25, 0.3) is 0 Å². The smallest absolute Gasteiger partial charge is 0.242 e. The van der Waals surface area contributed by atoms with Crippen LogP contribution in [0, 0.1) is 5.92 Å². The second kappa shape index (κ2) is 9.09. The fourth-order valence-corrected chi connectivity index (χ4v) is 2.18. The Labute approximate surface area is 142 Å². The lowest BCUT2D eigenvalue weighted by Crippen LogP contribution is -2.46. The van der Waals surface area contributed by atoms with E-state index in [1.165, 1.54) is 4.90 Å². The molecule has 23 heavy (non-hydrogen) atoms. The topological polar surface area (TPSA) is 70.7 Å². The van der Waals surface area contributed by atoms with Crippen molar-refractivity contribution in [3.8, 4) is 5.75 Å². The third-order valence-electron chi connectivity index (χ3n) is 3.41. The molecule has 1 atom stereocenters. The number of hydrogen-bond acceptors (Lipinski definition) is 4. The Bertz CT molecular complexity index is 546. The number of hydrogen-bond donors (Lipinski definition) is 2. The van der Waals surface area contributed by atoms with Crippen molar-refractivity contribution in [2.75, 3.05) is 26.0 Å². The summed E-state index contributed by atoms with van der Waals surface area (Å²) in [4.78, 5) is 24.6. The number of carbonyl (C=O) groups is 2. The first-order valence-corrected chi connectivity index (χ1v) is 7.69. The van der Waals surface area contributed by atoms with Gasteiger partial charge in [-0.25, -0.2) is 0 Å². The Kier molecular flexibility index (Phi) is 7.47. The van der Waals surface area contributed by atoms with Crippen LogP contribution in [-0.2, 0) is 9.59 Å². The van der Waals surface area contributed by atoms with E-state index in [0.29, 0.717) is 5.11 Å². The maximum absolute atomic E-state index is 12.1. The molecule has 2 N–H and O–H groups in total. The van der Waals surface area contributed by atoms with E-state index in [-0.39, 0.29) is 18.4 Å². The van der Waals surface area contributed by atoms with Crippen LogP contribution in [0.1, 0.15) is 13.8 Å². The molecule has 0 aliphatic rings. The highest BCUT2D eigenvalue weighted by Gasteiger charge is 2.22. The van der Waals surface area contributed by atoms with Gasteiger partial charge in [-0.3, -0.25) is 4.79 Å². The first-order chi connectivity index (χ1) is 10.9. The van der Waals surface area contributed by atoms with Gasteiger partial charge in [0.1, 0.15) is 12.0 Å². The number of methoxy groups -OCH3 is 1. The molecule has 1 unspecified atom stereocenters. The first kappa shape index (κ1) is 18.9. The minimum Gasteiger partial charge on any atom is -0.497 e. The van der Waals surface area contributed by atoms with Gasteiger partial charge in [0, 0.05) is 12.7 Å². The molecule has 126 valence electrons. The molecule has 0 aromatic heterocycles. The van der Waals surface area contributed by atoms with Crippen molar-refractivity contribution in [1.29, 1.82) is 0 Å². The molecule has 0 saturated carbocycles. The molecular formula is C16H23N3O3S. The van der Waals surface area contributed by atoms with E-state index in [4.69, 9.17) is 17.0 Å². The van der Waals surface area contributed by atoms with Gasteiger partial charge in [-0.2, -0.15) is 0 Å². The zero-order chi connectivity index (χ0) is 17.4. The molecule has 0 aliphatic carbocycles. The zero-order valence-electron chi connectivity index (χ0n) is 13.8. The molecule has 6 nitrogen and oxygen atoms in total. The summed E-state index contributed by atoms with van der Waals surface area (Å²) in [7, 11) is 3.21. The Hall–Kier alpha value is -2.15.